The summed E-state index contributed by atoms with van der Waals surface area (Å²) >= 11 is 1.50. The molecule has 2 bridgehead atoms. The van der Waals surface area contributed by atoms with Gasteiger partial charge in [0.05, 0.1) is 10.5 Å². The summed E-state index contributed by atoms with van der Waals surface area (Å²) in [4.78, 5) is 32.6. The molecule has 2 unspecified atom stereocenters. The van der Waals surface area contributed by atoms with Crippen molar-refractivity contribution in [2.45, 2.75) is 83.7 Å². The molecule has 2 saturated heterocycles. The number of hydrogen-bond donors (Lipinski definition) is 1. The number of fused-ring (bicyclic) bond motifs is 3. The number of likely N-dealkylation sites (tertiary alicyclic amines) is 1. The summed E-state index contributed by atoms with van der Waals surface area (Å²) in [5.41, 5.74) is 2.21. The van der Waals surface area contributed by atoms with Gasteiger partial charge in [-0.25, -0.2) is 8.42 Å². The quantitative estimate of drug-likeness (QED) is 0.494. The van der Waals surface area contributed by atoms with E-state index < -0.39 is 10.0 Å². The third-order valence-corrected chi connectivity index (χ3v) is 12.6. The molecular weight excluding hydrogens is 556 g/mol. The number of nitrogens with one attached hydrogen (secondary N) is 1. The number of amides is 2. The molecule has 1 saturated carbocycles. The van der Waals surface area contributed by atoms with Crippen molar-refractivity contribution in [3.05, 3.63) is 45.8 Å². The van der Waals surface area contributed by atoms with Crippen LogP contribution < -0.4 is 5.32 Å². The second kappa shape index (κ2) is 10.5. The van der Waals surface area contributed by atoms with Crippen molar-refractivity contribution in [2.75, 3.05) is 38.0 Å². The highest BCUT2D eigenvalue weighted by molar-refractivity contribution is 7.89. The maximum Gasteiger partial charge on any atom is 0.257 e. The average molecular weight is 599 g/mol. The second-order valence-corrected chi connectivity index (χ2v) is 16.6. The number of anilines is 1. The molecule has 222 valence electrons. The number of benzene rings is 1. The first-order valence-corrected chi connectivity index (χ1v) is 17.2. The Hall–Kier alpha value is -2.27. The molecule has 3 aliphatic heterocycles. The lowest BCUT2D eigenvalue weighted by Crippen LogP contribution is -2.37. The molecule has 2 amide bonds. The monoisotopic (exact) mass is 598 g/mol. The number of hydrogen-bond acceptors (Lipinski definition) is 6. The molecule has 10 heteroatoms. The standard InChI is InChI=1S/C31H42N4O4S2/c1-5-33-15-12-24-25(18-33)40-28(26(24)29(37)34-13-6-7-14-34)32-27(36)21-8-10-23(11-9-21)41(38,39)35-20-31(4)17-22(35)16-30(2,3)19-31/h8-11,22H,5-7,12-20H2,1-4H3,(H,32,36). The molecule has 0 radical (unpaired) electrons. The van der Waals surface area contributed by atoms with E-state index in [0.717, 1.165) is 81.7 Å². The van der Waals surface area contributed by atoms with Crippen LogP contribution in [0.1, 0.15) is 91.0 Å². The van der Waals surface area contributed by atoms with Crippen LogP contribution in [0.15, 0.2) is 29.2 Å². The molecule has 41 heavy (non-hydrogen) atoms. The van der Waals surface area contributed by atoms with Gasteiger partial charge in [0, 0.05) is 49.2 Å². The third-order valence-electron chi connectivity index (χ3n) is 9.51. The lowest BCUT2D eigenvalue weighted by Gasteiger charge is -2.39. The Bertz CT molecular complexity index is 1460. The van der Waals surface area contributed by atoms with Crippen LogP contribution in [0.4, 0.5) is 5.00 Å². The van der Waals surface area contributed by atoms with E-state index in [4.69, 9.17) is 0 Å². The van der Waals surface area contributed by atoms with Crippen molar-refractivity contribution in [2.24, 2.45) is 10.8 Å². The first kappa shape index (κ1) is 28.8. The average Bonchev–Trinajstić information content (AvgIpc) is 3.63. The Morgan fingerprint density at radius 1 is 1.05 bits per heavy atom. The van der Waals surface area contributed by atoms with Gasteiger partial charge in [-0.15, -0.1) is 11.3 Å². The highest BCUT2D eigenvalue weighted by Crippen LogP contribution is 2.53. The number of carbonyl (C=O) groups excluding carboxylic acids is 2. The Labute approximate surface area is 248 Å². The molecule has 4 heterocycles. The molecule has 1 aliphatic carbocycles. The minimum absolute atomic E-state index is 0.00242. The summed E-state index contributed by atoms with van der Waals surface area (Å²) in [5, 5.41) is 3.64. The lowest BCUT2D eigenvalue weighted by atomic mass is 9.65. The van der Waals surface area contributed by atoms with Gasteiger partial charge in [0.2, 0.25) is 10.0 Å². The lowest BCUT2D eigenvalue weighted by molar-refractivity contribution is 0.0792. The summed E-state index contributed by atoms with van der Waals surface area (Å²) in [6.45, 7) is 13.5. The van der Waals surface area contributed by atoms with Crippen molar-refractivity contribution in [1.82, 2.24) is 14.1 Å². The molecule has 4 aliphatic rings. The third kappa shape index (κ3) is 5.37. The minimum Gasteiger partial charge on any atom is -0.339 e. The van der Waals surface area contributed by atoms with Crippen LogP contribution in [0.3, 0.4) is 0 Å². The van der Waals surface area contributed by atoms with Gasteiger partial charge in [-0.3, -0.25) is 14.5 Å². The highest BCUT2D eigenvalue weighted by atomic mass is 32.2. The number of sulfonamides is 1. The van der Waals surface area contributed by atoms with Gasteiger partial charge in [0.25, 0.3) is 11.8 Å². The maximum absolute atomic E-state index is 13.7. The van der Waals surface area contributed by atoms with E-state index in [1.54, 1.807) is 28.6 Å². The molecule has 1 N–H and O–H groups in total. The predicted octanol–water partition coefficient (Wildman–Crippen LogP) is 5.20. The highest BCUT2D eigenvalue weighted by Gasteiger charge is 2.53. The SMILES string of the molecule is CCN1CCc2c(sc(NC(=O)c3ccc(S(=O)(=O)N4CC5(C)CC4CC(C)(C)C5)cc3)c2C(=O)N2CCCC2)C1. The van der Waals surface area contributed by atoms with Gasteiger partial charge in [0.1, 0.15) is 5.00 Å². The van der Waals surface area contributed by atoms with Crippen LogP contribution in [0.2, 0.25) is 0 Å². The minimum atomic E-state index is -3.67. The zero-order valence-corrected chi connectivity index (χ0v) is 26.3. The maximum atomic E-state index is 13.7. The van der Waals surface area contributed by atoms with Crippen LogP contribution in [0.25, 0.3) is 0 Å². The van der Waals surface area contributed by atoms with E-state index in [1.807, 2.05) is 4.90 Å². The topological polar surface area (TPSA) is 90.0 Å². The molecule has 1 aromatic heterocycles. The van der Waals surface area contributed by atoms with Crippen molar-refractivity contribution in [3.8, 4) is 0 Å². The summed E-state index contributed by atoms with van der Waals surface area (Å²) in [7, 11) is -3.67. The Kier molecular flexibility index (Phi) is 7.36. The molecule has 6 rings (SSSR count). The fraction of sp³-hybridized carbons (Fsp3) is 0.613. The number of carbonyl (C=O) groups is 2. The predicted molar refractivity (Wildman–Crippen MR) is 162 cm³/mol. The number of likely N-dealkylation sites (N-methyl/N-ethyl adjacent to an activating group) is 1. The zero-order valence-electron chi connectivity index (χ0n) is 24.7. The fourth-order valence-electron chi connectivity index (χ4n) is 7.90. The van der Waals surface area contributed by atoms with Gasteiger partial charge >= 0.3 is 0 Å². The van der Waals surface area contributed by atoms with Gasteiger partial charge in [-0.2, -0.15) is 4.31 Å². The van der Waals surface area contributed by atoms with Crippen molar-refractivity contribution >= 4 is 38.2 Å². The van der Waals surface area contributed by atoms with Crippen LogP contribution in [-0.4, -0.2) is 73.1 Å². The number of nitrogens with zero attached hydrogens (tertiary/aromatic N) is 3. The first-order valence-electron chi connectivity index (χ1n) is 15.0. The number of rotatable bonds is 6. The summed E-state index contributed by atoms with van der Waals surface area (Å²) in [6.07, 6.45) is 5.59. The van der Waals surface area contributed by atoms with Crippen LogP contribution in [-0.2, 0) is 23.0 Å². The number of thiophene rings is 1. The zero-order chi connectivity index (χ0) is 29.2. The smallest absolute Gasteiger partial charge is 0.257 e. The molecular formula is C31H42N4O4S2. The first-order chi connectivity index (χ1) is 19.4. The van der Waals surface area contributed by atoms with E-state index in [0.29, 0.717) is 22.7 Å². The van der Waals surface area contributed by atoms with Gasteiger partial charge < -0.3 is 10.2 Å². The van der Waals surface area contributed by atoms with Crippen molar-refractivity contribution in [3.63, 3.8) is 0 Å². The molecule has 1 aromatic carbocycles. The van der Waals surface area contributed by atoms with Gasteiger partial charge in [0.15, 0.2) is 0 Å². The van der Waals surface area contributed by atoms with Crippen molar-refractivity contribution in [1.29, 1.82) is 0 Å². The molecule has 8 nitrogen and oxygen atoms in total. The van der Waals surface area contributed by atoms with E-state index in [1.165, 1.54) is 11.3 Å². The van der Waals surface area contributed by atoms with Crippen LogP contribution >= 0.6 is 11.3 Å². The Morgan fingerprint density at radius 3 is 2.44 bits per heavy atom. The van der Waals surface area contributed by atoms with E-state index in [2.05, 4.69) is 37.9 Å². The van der Waals surface area contributed by atoms with Gasteiger partial charge in [-0.1, -0.05) is 27.7 Å². The van der Waals surface area contributed by atoms with Crippen LogP contribution in [0.5, 0.6) is 0 Å². The largest absolute Gasteiger partial charge is 0.339 e. The van der Waals surface area contributed by atoms with Crippen LogP contribution in [0, 0.1) is 10.8 Å². The van der Waals surface area contributed by atoms with Gasteiger partial charge in [-0.05, 0) is 85.7 Å². The molecule has 2 aromatic rings. The van der Waals surface area contributed by atoms with E-state index >= 15 is 0 Å². The van der Waals surface area contributed by atoms with E-state index in [-0.39, 0.29) is 33.6 Å². The summed E-state index contributed by atoms with van der Waals surface area (Å²) < 4.78 is 29.1. The molecule has 2 atom stereocenters. The van der Waals surface area contributed by atoms with Crippen molar-refractivity contribution < 1.29 is 18.0 Å². The molecule has 3 fully saturated rings. The Morgan fingerprint density at radius 2 is 1.76 bits per heavy atom. The van der Waals surface area contributed by atoms with E-state index in [9.17, 15) is 18.0 Å². The summed E-state index contributed by atoms with van der Waals surface area (Å²) in [5.74, 6) is -0.323. The summed E-state index contributed by atoms with van der Waals surface area (Å²) in [6, 6.07) is 6.29. The fourth-order valence-corrected chi connectivity index (χ4v) is 10.9. The molecule has 0 spiro atoms. The Balaban J connectivity index is 1.23. The normalized spacial score (nSPS) is 26.2. The second-order valence-electron chi connectivity index (χ2n) is 13.6.